The molecular formula is C22H24FN5O3S. The van der Waals surface area contributed by atoms with Crippen LogP contribution in [0.5, 0.6) is 5.75 Å². The van der Waals surface area contributed by atoms with Crippen molar-refractivity contribution in [2.24, 2.45) is 5.92 Å². The predicted octanol–water partition coefficient (Wildman–Crippen LogP) is 4.53. The number of rotatable bonds is 8. The zero-order valence-corrected chi connectivity index (χ0v) is 18.7. The lowest BCUT2D eigenvalue weighted by Crippen LogP contribution is -2.49. The molecule has 0 aliphatic heterocycles. The van der Waals surface area contributed by atoms with Gasteiger partial charge in [-0.3, -0.25) is 10.1 Å². The number of halogens is 1. The van der Waals surface area contributed by atoms with Crippen LogP contribution in [0.2, 0.25) is 0 Å². The van der Waals surface area contributed by atoms with E-state index in [2.05, 4.69) is 26.1 Å². The molecular weight excluding hydrogens is 433 g/mol. The summed E-state index contributed by atoms with van der Waals surface area (Å²) in [6.07, 6.45) is 0.642. The van der Waals surface area contributed by atoms with Crippen LogP contribution >= 0.6 is 11.3 Å². The van der Waals surface area contributed by atoms with Gasteiger partial charge in [0, 0.05) is 5.56 Å². The van der Waals surface area contributed by atoms with Crippen molar-refractivity contribution in [3.05, 3.63) is 54.3 Å². The van der Waals surface area contributed by atoms with E-state index in [9.17, 15) is 14.0 Å². The van der Waals surface area contributed by atoms with Gasteiger partial charge in [-0.2, -0.15) is 0 Å². The summed E-state index contributed by atoms with van der Waals surface area (Å²) in [5.74, 6) is -0.486. The number of hydrogen-bond acceptors (Lipinski definition) is 6. The summed E-state index contributed by atoms with van der Waals surface area (Å²) in [5.41, 5.74) is 0.837. The molecule has 2 atom stereocenters. The lowest BCUT2D eigenvalue weighted by molar-refractivity contribution is -0.119. The highest BCUT2D eigenvalue weighted by molar-refractivity contribution is 7.18. The predicted molar refractivity (Wildman–Crippen MR) is 122 cm³/mol. The molecule has 8 nitrogen and oxygen atoms in total. The van der Waals surface area contributed by atoms with Gasteiger partial charge in [-0.15, -0.1) is 10.2 Å². The molecule has 168 valence electrons. The van der Waals surface area contributed by atoms with Crippen LogP contribution in [0.15, 0.2) is 48.5 Å². The number of benzene rings is 2. The lowest BCUT2D eigenvalue weighted by atomic mass is 9.98. The second-order valence-electron chi connectivity index (χ2n) is 7.08. The smallest absolute Gasteiger partial charge is 0.319 e. The van der Waals surface area contributed by atoms with E-state index in [0.717, 1.165) is 5.56 Å². The lowest BCUT2D eigenvalue weighted by Gasteiger charge is -2.23. The number of aromatic nitrogens is 2. The molecule has 1 heterocycles. The zero-order valence-electron chi connectivity index (χ0n) is 17.9. The van der Waals surface area contributed by atoms with Gasteiger partial charge in [0.05, 0.1) is 12.8 Å². The Balaban J connectivity index is 1.69. The number of methoxy groups -OCH3 is 1. The first-order valence-electron chi connectivity index (χ1n) is 10.0. The molecule has 0 aliphatic rings. The largest absolute Gasteiger partial charge is 0.497 e. The van der Waals surface area contributed by atoms with Crippen molar-refractivity contribution in [2.75, 3.05) is 17.7 Å². The maximum atomic E-state index is 13.8. The van der Waals surface area contributed by atoms with Crippen LogP contribution in [0.1, 0.15) is 20.3 Å². The van der Waals surface area contributed by atoms with Gasteiger partial charge in [-0.25, -0.2) is 9.18 Å². The monoisotopic (exact) mass is 457 g/mol. The number of ether oxygens (including phenoxy) is 1. The van der Waals surface area contributed by atoms with Crippen LogP contribution in [0.25, 0.3) is 10.6 Å². The van der Waals surface area contributed by atoms with Gasteiger partial charge in [0.1, 0.15) is 22.6 Å². The fraction of sp³-hybridized carbons (Fsp3) is 0.273. The zero-order chi connectivity index (χ0) is 23.1. The normalized spacial score (nSPS) is 12.5. The summed E-state index contributed by atoms with van der Waals surface area (Å²) in [4.78, 5) is 25.3. The number of carbonyl (C=O) groups is 2. The van der Waals surface area contributed by atoms with Crippen molar-refractivity contribution < 1.29 is 18.7 Å². The van der Waals surface area contributed by atoms with Crippen molar-refractivity contribution in [1.82, 2.24) is 15.5 Å². The third-order valence-electron chi connectivity index (χ3n) is 4.88. The third kappa shape index (κ3) is 5.79. The summed E-state index contributed by atoms with van der Waals surface area (Å²) < 4.78 is 19.0. The molecule has 10 heteroatoms. The molecule has 3 aromatic rings. The van der Waals surface area contributed by atoms with Crippen LogP contribution < -0.4 is 20.7 Å². The minimum absolute atomic E-state index is 0.0281. The van der Waals surface area contributed by atoms with Crippen molar-refractivity contribution in [1.29, 1.82) is 0 Å². The molecule has 32 heavy (non-hydrogen) atoms. The van der Waals surface area contributed by atoms with E-state index in [0.29, 0.717) is 22.3 Å². The Morgan fingerprint density at radius 1 is 1.12 bits per heavy atom. The topological polar surface area (TPSA) is 105 Å². The first-order valence-corrected chi connectivity index (χ1v) is 10.8. The second-order valence-corrected chi connectivity index (χ2v) is 8.05. The van der Waals surface area contributed by atoms with Gasteiger partial charge in [0.2, 0.25) is 11.0 Å². The van der Waals surface area contributed by atoms with Crippen molar-refractivity contribution in [3.8, 4) is 16.3 Å². The summed E-state index contributed by atoms with van der Waals surface area (Å²) >= 11 is 1.21. The van der Waals surface area contributed by atoms with Crippen LogP contribution in [-0.4, -0.2) is 35.3 Å². The first-order chi connectivity index (χ1) is 15.4. The SMILES string of the molecule is CCC(C)C(NC(=O)Nc1ccccc1F)C(=O)Nc1nnc(-c2cccc(OC)c2)s1. The minimum Gasteiger partial charge on any atom is -0.497 e. The molecule has 0 aliphatic carbocycles. The Hall–Kier alpha value is -3.53. The highest BCUT2D eigenvalue weighted by atomic mass is 32.1. The van der Waals surface area contributed by atoms with E-state index in [1.807, 2.05) is 38.1 Å². The van der Waals surface area contributed by atoms with Gasteiger partial charge in [0.25, 0.3) is 0 Å². The van der Waals surface area contributed by atoms with E-state index in [-0.39, 0.29) is 11.6 Å². The second kappa shape index (κ2) is 10.7. The number of anilines is 2. The average Bonchev–Trinajstić information content (AvgIpc) is 3.27. The molecule has 3 N–H and O–H groups in total. The van der Waals surface area contributed by atoms with E-state index >= 15 is 0 Å². The highest BCUT2D eigenvalue weighted by Gasteiger charge is 2.27. The minimum atomic E-state index is -0.851. The van der Waals surface area contributed by atoms with E-state index in [4.69, 9.17) is 4.74 Å². The summed E-state index contributed by atoms with van der Waals surface area (Å²) in [5, 5.41) is 16.8. The number of amides is 3. The molecule has 0 bridgehead atoms. The fourth-order valence-corrected chi connectivity index (χ4v) is 3.64. The molecule has 2 unspecified atom stereocenters. The molecule has 0 spiro atoms. The van der Waals surface area contributed by atoms with Gasteiger partial charge >= 0.3 is 6.03 Å². The van der Waals surface area contributed by atoms with Crippen molar-refractivity contribution >= 4 is 34.1 Å². The van der Waals surface area contributed by atoms with Crippen LogP contribution in [0, 0.1) is 11.7 Å². The van der Waals surface area contributed by atoms with E-state index < -0.39 is 23.8 Å². The van der Waals surface area contributed by atoms with Gasteiger partial charge in [-0.1, -0.05) is 55.9 Å². The molecule has 0 fully saturated rings. The number of nitrogens with one attached hydrogen (secondary N) is 3. The molecule has 3 rings (SSSR count). The van der Waals surface area contributed by atoms with Gasteiger partial charge in [0.15, 0.2) is 0 Å². The Labute approximate surface area is 189 Å². The number of hydrogen-bond donors (Lipinski definition) is 3. The first kappa shape index (κ1) is 23.1. The standard InChI is InChI=1S/C22H24FN5O3S/c1-4-13(2)18(25-21(30)24-17-11-6-5-10-16(17)23)19(29)26-22-28-27-20(32-22)14-8-7-9-15(12-14)31-3/h5-13,18H,4H2,1-3H3,(H2,24,25,30)(H,26,28,29). The van der Waals surface area contributed by atoms with Crippen molar-refractivity contribution in [3.63, 3.8) is 0 Å². The molecule has 0 saturated heterocycles. The van der Waals surface area contributed by atoms with Crippen LogP contribution in [0.4, 0.5) is 20.0 Å². The van der Waals surface area contributed by atoms with Crippen LogP contribution in [-0.2, 0) is 4.79 Å². The average molecular weight is 458 g/mol. The van der Waals surface area contributed by atoms with E-state index in [1.165, 1.54) is 29.5 Å². The Kier molecular flexibility index (Phi) is 7.72. The highest BCUT2D eigenvalue weighted by Crippen LogP contribution is 2.29. The molecule has 2 aromatic carbocycles. The molecule has 0 saturated carbocycles. The summed E-state index contributed by atoms with van der Waals surface area (Å²) in [7, 11) is 1.58. The maximum absolute atomic E-state index is 13.8. The summed E-state index contributed by atoms with van der Waals surface area (Å²) in [6, 6.07) is 11.6. The Morgan fingerprint density at radius 2 is 1.91 bits per heavy atom. The third-order valence-corrected chi connectivity index (χ3v) is 5.76. The number of para-hydroxylation sites is 1. The number of carbonyl (C=O) groups excluding carboxylic acids is 2. The Morgan fingerprint density at radius 3 is 2.62 bits per heavy atom. The fourth-order valence-electron chi connectivity index (χ4n) is 2.89. The Bertz CT molecular complexity index is 1090. The maximum Gasteiger partial charge on any atom is 0.319 e. The molecule has 3 amide bonds. The van der Waals surface area contributed by atoms with E-state index in [1.54, 1.807) is 13.2 Å². The number of nitrogens with zero attached hydrogens (tertiary/aromatic N) is 2. The van der Waals surface area contributed by atoms with Gasteiger partial charge in [-0.05, 0) is 30.2 Å². The van der Waals surface area contributed by atoms with Crippen LogP contribution in [0.3, 0.4) is 0 Å². The number of urea groups is 1. The molecule has 0 radical (unpaired) electrons. The molecule has 1 aromatic heterocycles. The summed E-state index contributed by atoms with van der Waals surface area (Å²) in [6.45, 7) is 3.75. The van der Waals surface area contributed by atoms with Crippen molar-refractivity contribution in [2.45, 2.75) is 26.3 Å². The van der Waals surface area contributed by atoms with Gasteiger partial charge < -0.3 is 15.4 Å². The quantitative estimate of drug-likeness (QED) is 0.461.